The molecule has 0 saturated carbocycles. The number of carbonyl (C=O) groups excluding carboxylic acids is 2. The van der Waals surface area contributed by atoms with Crippen LogP contribution in [0.15, 0.2) is 18.2 Å². The Morgan fingerprint density at radius 3 is 2.47 bits per heavy atom. The van der Waals surface area contributed by atoms with Gasteiger partial charge in [-0.15, -0.1) is 0 Å². The van der Waals surface area contributed by atoms with Gasteiger partial charge in [0.25, 0.3) is 0 Å². The maximum Gasteiger partial charge on any atom is 0.421 e. The van der Waals surface area contributed by atoms with E-state index in [2.05, 4.69) is 0 Å². The van der Waals surface area contributed by atoms with Gasteiger partial charge in [-0.25, -0.2) is 9.69 Å². The van der Waals surface area contributed by atoms with Crippen molar-refractivity contribution in [3.05, 3.63) is 23.2 Å². The van der Waals surface area contributed by atoms with Gasteiger partial charge in [0.15, 0.2) is 0 Å². The maximum atomic E-state index is 11.9. The Hall–Kier alpha value is -1.75. The predicted octanol–water partition coefficient (Wildman–Crippen LogP) is 3.25. The van der Waals surface area contributed by atoms with E-state index in [9.17, 15) is 9.59 Å². The highest BCUT2D eigenvalue weighted by Crippen LogP contribution is 2.31. The highest BCUT2D eigenvalue weighted by molar-refractivity contribution is 6.30. The van der Waals surface area contributed by atoms with Crippen molar-refractivity contribution in [2.75, 3.05) is 12.0 Å². The molecule has 104 valence electrons. The minimum absolute atomic E-state index is 0.274. The van der Waals surface area contributed by atoms with E-state index in [-0.39, 0.29) is 5.69 Å². The standard InChI is InChI=1S/C13H16ClNO4/c1-13(2,3)19-12(17)15(8-16)10-6-5-9(14)7-11(10)18-4/h5-8H,1-4H3. The average Bonchev–Trinajstić information content (AvgIpc) is 2.29. The summed E-state index contributed by atoms with van der Waals surface area (Å²) in [6, 6.07) is 4.58. The summed E-state index contributed by atoms with van der Waals surface area (Å²) in [6.45, 7) is 5.15. The first kappa shape index (κ1) is 15.3. The number of benzene rings is 1. The van der Waals surface area contributed by atoms with Gasteiger partial charge in [-0.2, -0.15) is 0 Å². The van der Waals surface area contributed by atoms with Crippen LogP contribution in [0, 0.1) is 0 Å². The molecule has 0 aliphatic rings. The quantitative estimate of drug-likeness (QED) is 0.800. The highest BCUT2D eigenvalue weighted by Gasteiger charge is 2.25. The lowest BCUT2D eigenvalue weighted by Gasteiger charge is -2.24. The third kappa shape index (κ3) is 4.13. The SMILES string of the molecule is COc1cc(Cl)ccc1N(C=O)C(=O)OC(C)(C)C. The Balaban J connectivity index is 3.10. The molecule has 5 nitrogen and oxygen atoms in total. The van der Waals surface area contributed by atoms with E-state index >= 15 is 0 Å². The van der Waals surface area contributed by atoms with E-state index in [0.717, 1.165) is 4.90 Å². The number of hydrogen-bond donors (Lipinski definition) is 0. The third-order valence-corrected chi connectivity index (χ3v) is 2.33. The van der Waals surface area contributed by atoms with Gasteiger partial charge in [0.05, 0.1) is 12.8 Å². The number of halogens is 1. The Kier molecular flexibility index (Phi) is 4.78. The first-order chi connectivity index (χ1) is 8.78. The Morgan fingerprint density at radius 1 is 1.37 bits per heavy atom. The molecule has 0 aliphatic heterocycles. The molecule has 0 N–H and O–H groups in total. The Morgan fingerprint density at radius 2 is 2.00 bits per heavy atom. The lowest BCUT2D eigenvalue weighted by molar-refractivity contribution is -0.107. The van der Waals surface area contributed by atoms with Gasteiger partial charge >= 0.3 is 6.09 Å². The molecule has 0 bridgehead atoms. The number of hydrogen-bond acceptors (Lipinski definition) is 4. The van der Waals surface area contributed by atoms with E-state index in [0.29, 0.717) is 17.2 Å². The number of rotatable bonds is 3. The number of methoxy groups -OCH3 is 1. The van der Waals surface area contributed by atoms with Gasteiger partial charge in [0.2, 0.25) is 6.41 Å². The molecule has 0 atom stereocenters. The second-order valence-electron chi connectivity index (χ2n) is 4.77. The second kappa shape index (κ2) is 5.93. The van der Waals surface area contributed by atoms with Crippen LogP contribution >= 0.6 is 11.6 Å². The van der Waals surface area contributed by atoms with Crippen molar-refractivity contribution in [1.29, 1.82) is 0 Å². The van der Waals surface area contributed by atoms with E-state index in [1.165, 1.54) is 19.2 Å². The molecule has 2 amide bonds. The minimum atomic E-state index is -0.775. The molecule has 0 radical (unpaired) electrons. The van der Waals surface area contributed by atoms with Crippen molar-refractivity contribution in [3.8, 4) is 5.75 Å². The molecule has 1 rings (SSSR count). The fraction of sp³-hybridized carbons (Fsp3) is 0.385. The molecule has 1 aromatic carbocycles. The van der Waals surface area contributed by atoms with Crippen molar-refractivity contribution >= 4 is 29.8 Å². The number of amides is 2. The van der Waals surface area contributed by atoms with Crippen LogP contribution in [-0.2, 0) is 9.53 Å². The van der Waals surface area contributed by atoms with Crippen molar-refractivity contribution in [2.45, 2.75) is 26.4 Å². The summed E-state index contributed by atoms with van der Waals surface area (Å²) < 4.78 is 10.2. The van der Waals surface area contributed by atoms with Gasteiger partial charge < -0.3 is 9.47 Å². The van der Waals surface area contributed by atoms with Crippen molar-refractivity contribution in [3.63, 3.8) is 0 Å². The van der Waals surface area contributed by atoms with Gasteiger partial charge in [0, 0.05) is 11.1 Å². The average molecular weight is 286 g/mol. The van der Waals surface area contributed by atoms with Gasteiger partial charge in [0.1, 0.15) is 11.4 Å². The summed E-state index contributed by atoms with van der Waals surface area (Å²) in [6.07, 6.45) is -0.400. The lowest BCUT2D eigenvalue weighted by Crippen LogP contribution is -2.36. The number of nitrogens with zero attached hydrogens (tertiary/aromatic N) is 1. The second-order valence-corrected chi connectivity index (χ2v) is 5.21. The van der Waals surface area contributed by atoms with Gasteiger partial charge in [-0.05, 0) is 32.9 Å². The molecule has 0 spiro atoms. The summed E-state index contributed by atoms with van der Waals surface area (Å²) in [7, 11) is 1.42. The Bertz CT molecular complexity index is 482. The van der Waals surface area contributed by atoms with Crippen molar-refractivity contribution < 1.29 is 19.1 Å². The van der Waals surface area contributed by atoms with E-state index in [1.807, 2.05) is 0 Å². The summed E-state index contributed by atoms with van der Waals surface area (Å²) in [5, 5.41) is 0.440. The summed E-state index contributed by atoms with van der Waals surface area (Å²) in [5.41, 5.74) is -0.422. The van der Waals surface area contributed by atoms with Crippen LogP contribution in [0.5, 0.6) is 5.75 Å². The summed E-state index contributed by atoms with van der Waals surface area (Å²) in [5.74, 6) is 0.311. The van der Waals surface area contributed by atoms with Crippen LogP contribution in [0.3, 0.4) is 0 Å². The first-order valence-electron chi connectivity index (χ1n) is 5.59. The molecule has 0 saturated heterocycles. The minimum Gasteiger partial charge on any atom is -0.494 e. The molecule has 0 unspecified atom stereocenters. The first-order valence-corrected chi connectivity index (χ1v) is 5.97. The number of imide groups is 1. The van der Waals surface area contributed by atoms with Crippen molar-refractivity contribution in [2.24, 2.45) is 0 Å². The number of anilines is 1. The molecular formula is C13H16ClNO4. The maximum absolute atomic E-state index is 11.9. The molecule has 0 aromatic heterocycles. The third-order valence-electron chi connectivity index (χ3n) is 2.10. The molecule has 1 aromatic rings. The fourth-order valence-electron chi connectivity index (χ4n) is 1.36. The van der Waals surface area contributed by atoms with Gasteiger partial charge in [-0.1, -0.05) is 11.6 Å². The van der Waals surface area contributed by atoms with E-state index < -0.39 is 11.7 Å². The largest absolute Gasteiger partial charge is 0.494 e. The highest BCUT2D eigenvalue weighted by atomic mass is 35.5. The fourth-order valence-corrected chi connectivity index (χ4v) is 1.52. The predicted molar refractivity (Wildman–Crippen MR) is 72.8 cm³/mol. The number of ether oxygens (including phenoxy) is 2. The normalized spacial score (nSPS) is 10.8. The van der Waals surface area contributed by atoms with Gasteiger partial charge in [-0.3, -0.25) is 4.79 Å². The summed E-state index contributed by atoms with van der Waals surface area (Å²) in [4.78, 5) is 23.9. The van der Waals surface area contributed by atoms with Crippen molar-refractivity contribution in [1.82, 2.24) is 0 Å². The monoisotopic (exact) mass is 285 g/mol. The van der Waals surface area contributed by atoms with E-state index in [1.54, 1.807) is 26.8 Å². The van der Waals surface area contributed by atoms with E-state index in [4.69, 9.17) is 21.1 Å². The molecule has 0 fully saturated rings. The van der Waals surface area contributed by atoms with Crippen LogP contribution in [0.4, 0.5) is 10.5 Å². The Labute approximate surface area is 117 Å². The van der Waals surface area contributed by atoms with Crippen LogP contribution in [0.1, 0.15) is 20.8 Å². The molecular weight excluding hydrogens is 270 g/mol. The molecule has 6 heteroatoms. The van der Waals surface area contributed by atoms with Crippen LogP contribution in [0.2, 0.25) is 5.02 Å². The number of carbonyl (C=O) groups is 2. The lowest BCUT2D eigenvalue weighted by atomic mass is 10.2. The molecule has 0 aliphatic carbocycles. The van der Waals surface area contributed by atoms with Crippen LogP contribution in [0.25, 0.3) is 0 Å². The molecule has 19 heavy (non-hydrogen) atoms. The zero-order chi connectivity index (χ0) is 14.6. The van der Waals surface area contributed by atoms with Crippen LogP contribution < -0.4 is 9.64 Å². The molecule has 0 heterocycles. The topological polar surface area (TPSA) is 55.8 Å². The summed E-state index contributed by atoms with van der Waals surface area (Å²) >= 11 is 5.83. The smallest absolute Gasteiger partial charge is 0.421 e. The zero-order valence-electron chi connectivity index (χ0n) is 11.3. The van der Waals surface area contributed by atoms with Crippen LogP contribution in [-0.4, -0.2) is 25.2 Å². The zero-order valence-corrected chi connectivity index (χ0v) is 12.0.